The maximum absolute atomic E-state index is 11.8. The second-order valence-electron chi connectivity index (χ2n) is 7.12. The lowest BCUT2D eigenvalue weighted by atomic mass is 10.2. The number of carbonyl (C=O) groups excluding carboxylic acids is 1. The van der Waals surface area contributed by atoms with E-state index in [1.54, 1.807) is 18.9 Å². The Hall–Kier alpha value is -2.58. The minimum Gasteiger partial charge on any atom is -0.497 e. The fourth-order valence-electron chi connectivity index (χ4n) is 2.31. The normalized spacial score (nSPS) is 10.6. The highest BCUT2D eigenvalue weighted by atomic mass is 32.2. The summed E-state index contributed by atoms with van der Waals surface area (Å²) in [6.45, 7) is 7.36. The first-order valence-corrected chi connectivity index (χ1v) is 9.96. The van der Waals surface area contributed by atoms with E-state index in [1.165, 1.54) is 0 Å². The molecule has 0 bridgehead atoms. The fourth-order valence-corrected chi connectivity index (χ4v) is 3.05. The molecule has 4 nitrogen and oxygen atoms in total. The first-order valence-electron chi connectivity index (χ1n) is 8.98. The van der Waals surface area contributed by atoms with Crippen LogP contribution in [0.2, 0.25) is 0 Å². The van der Waals surface area contributed by atoms with Gasteiger partial charge < -0.3 is 14.2 Å². The summed E-state index contributed by atoms with van der Waals surface area (Å²) in [5.74, 6) is 8.12. The second kappa shape index (κ2) is 10.1. The van der Waals surface area contributed by atoms with Gasteiger partial charge >= 0.3 is 5.97 Å². The third-order valence-corrected chi connectivity index (χ3v) is 4.42. The van der Waals surface area contributed by atoms with E-state index >= 15 is 0 Å². The number of hydrogen-bond donors (Lipinski definition) is 0. The SMILES string of the molecule is COc1ccc(C#CCSc2ccc(OCC(=O)OC(C)(C)C)c(C)c2)cc1. The lowest BCUT2D eigenvalue weighted by Crippen LogP contribution is -2.27. The summed E-state index contributed by atoms with van der Waals surface area (Å²) in [6, 6.07) is 13.6. The van der Waals surface area contributed by atoms with E-state index in [4.69, 9.17) is 14.2 Å². The van der Waals surface area contributed by atoms with E-state index in [0.717, 1.165) is 21.8 Å². The van der Waals surface area contributed by atoms with Crippen LogP contribution in [0.4, 0.5) is 0 Å². The number of aryl methyl sites for hydroxylation is 1. The second-order valence-corrected chi connectivity index (χ2v) is 8.17. The minimum absolute atomic E-state index is 0.0993. The van der Waals surface area contributed by atoms with Crippen molar-refractivity contribution in [3.63, 3.8) is 0 Å². The minimum atomic E-state index is -0.511. The van der Waals surface area contributed by atoms with E-state index in [-0.39, 0.29) is 12.6 Å². The lowest BCUT2D eigenvalue weighted by molar-refractivity contribution is -0.157. The molecule has 5 heteroatoms. The van der Waals surface area contributed by atoms with Crippen LogP contribution >= 0.6 is 11.8 Å². The standard InChI is InChI=1S/C23H26O4S/c1-17-15-20(12-13-21(17)26-16-22(24)27-23(2,3)4)28-14-6-7-18-8-10-19(25-5)11-9-18/h8-13,15H,14,16H2,1-5H3. The summed E-state index contributed by atoms with van der Waals surface area (Å²) in [5.41, 5.74) is 1.42. The largest absolute Gasteiger partial charge is 0.497 e. The summed E-state index contributed by atoms with van der Waals surface area (Å²) in [5, 5.41) is 0. The van der Waals surface area contributed by atoms with Gasteiger partial charge in [0.2, 0.25) is 0 Å². The molecule has 0 saturated heterocycles. The van der Waals surface area contributed by atoms with E-state index in [0.29, 0.717) is 11.5 Å². The van der Waals surface area contributed by atoms with Crippen LogP contribution in [-0.4, -0.2) is 31.0 Å². The van der Waals surface area contributed by atoms with Crippen molar-refractivity contribution in [2.45, 2.75) is 38.2 Å². The van der Waals surface area contributed by atoms with Gasteiger partial charge in [0.15, 0.2) is 6.61 Å². The van der Waals surface area contributed by atoms with Gasteiger partial charge in [-0.15, -0.1) is 11.8 Å². The zero-order valence-electron chi connectivity index (χ0n) is 17.0. The fraction of sp³-hybridized carbons (Fsp3) is 0.348. The molecule has 0 amide bonds. The molecule has 0 aliphatic rings. The first-order chi connectivity index (χ1) is 13.3. The highest BCUT2D eigenvalue weighted by Crippen LogP contribution is 2.25. The topological polar surface area (TPSA) is 44.8 Å². The van der Waals surface area contributed by atoms with E-state index in [2.05, 4.69) is 11.8 Å². The van der Waals surface area contributed by atoms with Crippen LogP contribution in [-0.2, 0) is 9.53 Å². The molecule has 0 aliphatic carbocycles. The smallest absolute Gasteiger partial charge is 0.344 e. The van der Waals surface area contributed by atoms with Crippen LogP contribution in [0.1, 0.15) is 31.9 Å². The maximum Gasteiger partial charge on any atom is 0.344 e. The average molecular weight is 399 g/mol. The molecule has 0 radical (unpaired) electrons. The van der Waals surface area contributed by atoms with Crippen molar-refractivity contribution in [1.82, 2.24) is 0 Å². The van der Waals surface area contributed by atoms with Crippen molar-refractivity contribution in [3.05, 3.63) is 53.6 Å². The average Bonchev–Trinajstić information content (AvgIpc) is 2.63. The molecule has 2 aromatic carbocycles. The van der Waals surface area contributed by atoms with Crippen molar-refractivity contribution in [2.24, 2.45) is 0 Å². The molecule has 0 saturated carbocycles. The molecule has 0 fully saturated rings. The number of carbonyl (C=O) groups is 1. The summed E-state index contributed by atoms with van der Waals surface area (Å²) in [7, 11) is 1.65. The number of rotatable bonds is 6. The predicted molar refractivity (Wildman–Crippen MR) is 113 cm³/mol. The maximum atomic E-state index is 11.8. The highest BCUT2D eigenvalue weighted by Gasteiger charge is 2.16. The molecular formula is C23H26O4S. The van der Waals surface area contributed by atoms with Gasteiger partial charge in [-0.05, 0) is 75.7 Å². The van der Waals surface area contributed by atoms with Gasteiger partial charge in [-0.2, -0.15) is 0 Å². The Labute approximate surface area is 171 Å². The van der Waals surface area contributed by atoms with Crippen molar-refractivity contribution < 1.29 is 19.0 Å². The third-order valence-electron chi connectivity index (χ3n) is 3.55. The van der Waals surface area contributed by atoms with E-state index in [1.807, 2.05) is 70.2 Å². The van der Waals surface area contributed by atoms with E-state index in [9.17, 15) is 4.79 Å². The van der Waals surface area contributed by atoms with Crippen LogP contribution in [0, 0.1) is 18.8 Å². The van der Waals surface area contributed by atoms with Gasteiger partial charge in [0.1, 0.15) is 17.1 Å². The van der Waals surface area contributed by atoms with Crippen LogP contribution in [0.3, 0.4) is 0 Å². The van der Waals surface area contributed by atoms with Crippen LogP contribution in [0.15, 0.2) is 47.4 Å². The van der Waals surface area contributed by atoms with Crippen LogP contribution in [0.5, 0.6) is 11.5 Å². The molecule has 0 aliphatic heterocycles. The quantitative estimate of drug-likeness (QED) is 0.395. The zero-order valence-corrected chi connectivity index (χ0v) is 17.8. The summed E-state index contributed by atoms with van der Waals surface area (Å²) >= 11 is 1.66. The summed E-state index contributed by atoms with van der Waals surface area (Å²) in [6.07, 6.45) is 0. The molecule has 0 aromatic heterocycles. The van der Waals surface area contributed by atoms with Gasteiger partial charge in [0, 0.05) is 10.5 Å². The Kier molecular flexibility index (Phi) is 7.83. The molecule has 148 valence electrons. The molecule has 0 heterocycles. The summed E-state index contributed by atoms with van der Waals surface area (Å²) in [4.78, 5) is 12.9. The number of esters is 1. The van der Waals surface area contributed by atoms with Crippen molar-refractivity contribution in [2.75, 3.05) is 19.5 Å². The lowest BCUT2D eigenvalue weighted by Gasteiger charge is -2.19. The molecule has 2 aromatic rings. The van der Waals surface area contributed by atoms with Crippen LogP contribution < -0.4 is 9.47 Å². The Morgan fingerprint density at radius 1 is 1.11 bits per heavy atom. The molecule has 0 atom stereocenters. The first kappa shape index (κ1) is 21.7. The van der Waals surface area contributed by atoms with Crippen molar-refractivity contribution >= 4 is 17.7 Å². The Morgan fingerprint density at radius 3 is 2.43 bits per heavy atom. The number of thioether (sulfide) groups is 1. The zero-order chi connectivity index (χ0) is 20.6. The van der Waals surface area contributed by atoms with Crippen molar-refractivity contribution in [3.8, 4) is 23.3 Å². The van der Waals surface area contributed by atoms with Gasteiger partial charge in [-0.1, -0.05) is 11.8 Å². The summed E-state index contributed by atoms with van der Waals surface area (Å²) < 4.78 is 16.0. The Morgan fingerprint density at radius 2 is 1.82 bits per heavy atom. The molecular weight excluding hydrogens is 372 g/mol. The van der Waals surface area contributed by atoms with Crippen LogP contribution in [0.25, 0.3) is 0 Å². The number of ether oxygens (including phenoxy) is 3. The van der Waals surface area contributed by atoms with Crippen molar-refractivity contribution in [1.29, 1.82) is 0 Å². The molecule has 0 unspecified atom stereocenters. The monoisotopic (exact) mass is 398 g/mol. The third kappa shape index (κ3) is 7.58. The van der Waals surface area contributed by atoms with E-state index < -0.39 is 5.60 Å². The molecule has 28 heavy (non-hydrogen) atoms. The number of methoxy groups -OCH3 is 1. The van der Waals surface area contributed by atoms with Gasteiger partial charge in [0.05, 0.1) is 12.9 Å². The molecule has 2 rings (SSSR count). The van der Waals surface area contributed by atoms with Gasteiger partial charge in [-0.3, -0.25) is 0 Å². The number of benzene rings is 2. The highest BCUT2D eigenvalue weighted by molar-refractivity contribution is 7.99. The molecule has 0 N–H and O–H groups in total. The predicted octanol–water partition coefficient (Wildman–Crippen LogP) is 4.87. The Bertz CT molecular complexity index is 855. The molecule has 0 spiro atoms. The Balaban J connectivity index is 1.85. The van der Waals surface area contributed by atoms with Gasteiger partial charge in [-0.25, -0.2) is 4.79 Å². The van der Waals surface area contributed by atoms with Gasteiger partial charge in [0.25, 0.3) is 0 Å². The number of hydrogen-bond acceptors (Lipinski definition) is 5.